The first-order chi connectivity index (χ1) is 12.9. The summed E-state index contributed by atoms with van der Waals surface area (Å²) in [6.45, 7) is 3.16. The molecule has 0 fully saturated rings. The molecular formula is C21H18O6. The number of carbonyl (C=O) groups is 2. The van der Waals surface area contributed by atoms with Crippen LogP contribution in [0.15, 0.2) is 45.6 Å². The standard InChI is InChI=1S/C21H18O6/c1-3-13(22)17-19(25)16-12(11-8-6-5-7-9-11)10-15(24)27-21(16)18(20(17)26)14(23)4-2/h5-10,25-26H,3-4H2,1-2H3. The maximum Gasteiger partial charge on any atom is 0.336 e. The number of rotatable bonds is 5. The third-order valence-corrected chi connectivity index (χ3v) is 4.42. The minimum atomic E-state index is -0.736. The fraction of sp³-hybridized carbons (Fsp3) is 0.190. The van der Waals surface area contributed by atoms with E-state index in [1.165, 1.54) is 6.07 Å². The van der Waals surface area contributed by atoms with Gasteiger partial charge in [0, 0.05) is 24.5 Å². The number of aromatic hydroxyl groups is 2. The Morgan fingerprint density at radius 1 is 0.926 bits per heavy atom. The van der Waals surface area contributed by atoms with Crippen molar-refractivity contribution in [3.05, 3.63) is 57.9 Å². The van der Waals surface area contributed by atoms with Gasteiger partial charge in [0.15, 0.2) is 17.1 Å². The Bertz CT molecular complexity index is 1110. The Balaban J connectivity index is 2.59. The SMILES string of the molecule is CCC(=O)c1c(O)c(C(=O)CC)c2oc(=O)cc(-c3ccccc3)c2c1O. The topological polar surface area (TPSA) is 105 Å². The molecule has 0 saturated carbocycles. The number of ketones is 2. The monoisotopic (exact) mass is 366 g/mol. The Kier molecular flexibility index (Phi) is 4.81. The number of phenolic OH excluding ortho intramolecular Hbond substituents is 2. The van der Waals surface area contributed by atoms with Crippen molar-refractivity contribution in [3.63, 3.8) is 0 Å². The molecule has 0 amide bonds. The van der Waals surface area contributed by atoms with Gasteiger partial charge in [-0.2, -0.15) is 0 Å². The van der Waals surface area contributed by atoms with Crippen LogP contribution in [0.4, 0.5) is 0 Å². The van der Waals surface area contributed by atoms with Crippen LogP contribution in [-0.4, -0.2) is 21.8 Å². The van der Waals surface area contributed by atoms with Crippen molar-refractivity contribution in [3.8, 4) is 22.6 Å². The minimum absolute atomic E-state index is 0.0177. The minimum Gasteiger partial charge on any atom is -0.506 e. The second-order valence-electron chi connectivity index (χ2n) is 6.05. The molecule has 0 saturated heterocycles. The van der Waals surface area contributed by atoms with Gasteiger partial charge in [-0.1, -0.05) is 44.2 Å². The number of carbonyl (C=O) groups excluding carboxylic acids is 2. The third-order valence-electron chi connectivity index (χ3n) is 4.42. The number of phenols is 2. The number of Topliss-reactive ketones (excluding diaryl/α,β-unsaturated/α-hetero) is 2. The number of benzene rings is 2. The van der Waals surface area contributed by atoms with Crippen molar-refractivity contribution >= 4 is 22.5 Å². The molecule has 0 aliphatic carbocycles. The van der Waals surface area contributed by atoms with Gasteiger partial charge < -0.3 is 14.6 Å². The van der Waals surface area contributed by atoms with Gasteiger partial charge in [-0.3, -0.25) is 9.59 Å². The second-order valence-corrected chi connectivity index (χ2v) is 6.05. The van der Waals surface area contributed by atoms with Gasteiger partial charge in [-0.15, -0.1) is 0 Å². The molecular weight excluding hydrogens is 348 g/mol. The third kappa shape index (κ3) is 2.99. The van der Waals surface area contributed by atoms with E-state index in [-0.39, 0.29) is 34.9 Å². The molecule has 0 atom stereocenters. The fourth-order valence-electron chi connectivity index (χ4n) is 3.10. The van der Waals surface area contributed by atoms with E-state index >= 15 is 0 Å². The van der Waals surface area contributed by atoms with Crippen molar-refractivity contribution in [1.29, 1.82) is 0 Å². The largest absolute Gasteiger partial charge is 0.506 e. The van der Waals surface area contributed by atoms with Crippen LogP contribution in [0.25, 0.3) is 22.1 Å². The van der Waals surface area contributed by atoms with Crippen molar-refractivity contribution in [1.82, 2.24) is 0 Å². The lowest BCUT2D eigenvalue weighted by atomic mass is 9.92. The molecule has 0 bridgehead atoms. The summed E-state index contributed by atoms with van der Waals surface area (Å²) in [5.41, 5.74) is -0.656. The maximum absolute atomic E-state index is 12.5. The summed E-state index contributed by atoms with van der Waals surface area (Å²) in [5, 5.41) is 21.4. The van der Waals surface area contributed by atoms with Gasteiger partial charge in [0.25, 0.3) is 0 Å². The van der Waals surface area contributed by atoms with Gasteiger partial charge in [-0.25, -0.2) is 4.79 Å². The van der Waals surface area contributed by atoms with Crippen molar-refractivity contribution < 1.29 is 24.2 Å². The van der Waals surface area contributed by atoms with Gasteiger partial charge in [-0.05, 0) is 5.56 Å². The Labute approximate surface area is 154 Å². The number of fused-ring (bicyclic) bond motifs is 1. The van der Waals surface area contributed by atoms with Crippen molar-refractivity contribution in [2.45, 2.75) is 26.7 Å². The van der Waals surface area contributed by atoms with Crippen LogP contribution in [0.2, 0.25) is 0 Å². The first-order valence-corrected chi connectivity index (χ1v) is 8.58. The molecule has 0 aliphatic heterocycles. The highest BCUT2D eigenvalue weighted by Gasteiger charge is 2.29. The molecule has 2 N–H and O–H groups in total. The van der Waals surface area contributed by atoms with Crippen LogP contribution in [0.3, 0.4) is 0 Å². The van der Waals surface area contributed by atoms with Crippen LogP contribution in [-0.2, 0) is 0 Å². The first-order valence-electron chi connectivity index (χ1n) is 8.58. The smallest absolute Gasteiger partial charge is 0.336 e. The highest BCUT2D eigenvalue weighted by Crippen LogP contribution is 2.44. The van der Waals surface area contributed by atoms with E-state index < -0.39 is 28.7 Å². The number of hydrogen-bond acceptors (Lipinski definition) is 6. The summed E-state index contributed by atoms with van der Waals surface area (Å²) in [6, 6.07) is 9.94. The van der Waals surface area contributed by atoms with Gasteiger partial charge in [0.1, 0.15) is 22.6 Å². The molecule has 0 unspecified atom stereocenters. The predicted molar refractivity (Wildman–Crippen MR) is 100 cm³/mol. The molecule has 1 heterocycles. The van der Waals surface area contributed by atoms with Crippen LogP contribution in [0.1, 0.15) is 47.4 Å². The lowest BCUT2D eigenvalue weighted by Crippen LogP contribution is -2.09. The summed E-state index contributed by atoms with van der Waals surface area (Å²) in [4.78, 5) is 37.0. The zero-order valence-electron chi connectivity index (χ0n) is 14.9. The van der Waals surface area contributed by atoms with E-state index in [1.807, 2.05) is 0 Å². The zero-order valence-corrected chi connectivity index (χ0v) is 14.9. The molecule has 27 heavy (non-hydrogen) atoms. The van der Waals surface area contributed by atoms with E-state index in [0.29, 0.717) is 11.1 Å². The molecule has 6 nitrogen and oxygen atoms in total. The molecule has 3 rings (SSSR count). The number of hydrogen-bond donors (Lipinski definition) is 2. The van der Waals surface area contributed by atoms with E-state index in [2.05, 4.69) is 0 Å². The molecule has 0 aliphatic rings. The van der Waals surface area contributed by atoms with Gasteiger partial charge in [0.2, 0.25) is 0 Å². The zero-order chi connectivity index (χ0) is 19.7. The molecule has 2 aromatic carbocycles. The molecule has 0 radical (unpaired) electrons. The lowest BCUT2D eigenvalue weighted by molar-refractivity contribution is 0.0982. The summed E-state index contributed by atoms with van der Waals surface area (Å²) in [5.74, 6) is -2.20. The molecule has 138 valence electrons. The van der Waals surface area contributed by atoms with E-state index in [1.54, 1.807) is 44.2 Å². The lowest BCUT2D eigenvalue weighted by Gasteiger charge is -2.15. The summed E-state index contributed by atoms with van der Waals surface area (Å²) < 4.78 is 5.20. The average molecular weight is 366 g/mol. The Morgan fingerprint density at radius 3 is 2.11 bits per heavy atom. The summed E-state index contributed by atoms with van der Waals surface area (Å²) in [6.07, 6.45) is 0.0380. The van der Waals surface area contributed by atoms with Crippen molar-refractivity contribution in [2.75, 3.05) is 0 Å². The predicted octanol–water partition coefficient (Wildman–Crippen LogP) is 4.06. The molecule has 3 aromatic rings. The fourth-order valence-corrected chi connectivity index (χ4v) is 3.10. The molecule has 1 aromatic heterocycles. The maximum atomic E-state index is 12.5. The Hall–Kier alpha value is -3.41. The van der Waals surface area contributed by atoms with Crippen LogP contribution < -0.4 is 5.63 Å². The van der Waals surface area contributed by atoms with Gasteiger partial charge in [0.05, 0.1) is 5.39 Å². The average Bonchev–Trinajstić information content (AvgIpc) is 2.67. The van der Waals surface area contributed by atoms with E-state index in [9.17, 15) is 24.6 Å². The Morgan fingerprint density at radius 2 is 1.52 bits per heavy atom. The highest BCUT2D eigenvalue weighted by molar-refractivity contribution is 6.18. The summed E-state index contributed by atoms with van der Waals surface area (Å²) in [7, 11) is 0. The summed E-state index contributed by atoms with van der Waals surface area (Å²) >= 11 is 0. The van der Waals surface area contributed by atoms with Gasteiger partial charge >= 0.3 is 5.63 Å². The first kappa shape index (κ1) is 18.4. The molecule has 6 heteroatoms. The highest BCUT2D eigenvalue weighted by atomic mass is 16.4. The molecule has 0 spiro atoms. The van der Waals surface area contributed by atoms with Crippen LogP contribution >= 0.6 is 0 Å². The van der Waals surface area contributed by atoms with Crippen LogP contribution in [0.5, 0.6) is 11.5 Å². The van der Waals surface area contributed by atoms with Crippen molar-refractivity contribution in [2.24, 2.45) is 0 Å². The van der Waals surface area contributed by atoms with E-state index in [0.717, 1.165) is 0 Å². The normalized spacial score (nSPS) is 10.9. The van der Waals surface area contributed by atoms with Crippen LogP contribution in [0, 0.1) is 0 Å². The second kappa shape index (κ2) is 7.07. The van der Waals surface area contributed by atoms with E-state index in [4.69, 9.17) is 4.42 Å². The quantitative estimate of drug-likeness (QED) is 0.521.